The van der Waals surface area contributed by atoms with Crippen molar-refractivity contribution in [2.75, 3.05) is 4.90 Å². The van der Waals surface area contributed by atoms with Crippen LogP contribution in [0.1, 0.15) is 74.9 Å². The lowest BCUT2D eigenvalue weighted by Crippen LogP contribution is -2.28. The van der Waals surface area contributed by atoms with E-state index >= 15 is 0 Å². The highest BCUT2D eigenvalue weighted by molar-refractivity contribution is 6.00. The van der Waals surface area contributed by atoms with Crippen molar-refractivity contribution in [3.05, 3.63) is 221 Å². The smallest absolute Gasteiger partial charge is 0.0731 e. The zero-order chi connectivity index (χ0) is 39.8. The normalized spacial score (nSPS) is 13.5. The minimum Gasteiger partial charge on any atom is -0.311 e. The largest absolute Gasteiger partial charge is 0.311 e. The van der Waals surface area contributed by atoms with Crippen LogP contribution in [0, 0.1) is 0 Å². The number of hydrogen-bond acceptors (Lipinski definition) is 1. The van der Waals surface area contributed by atoms with E-state index in [4.69, 9.17) is 0 Å². The zero-order valence-corrected chi connectivity index (χ0v) is 34.3. The fraction of sp³-hybridized carbons (Fsp3) is 0.158. The van der Waals surface area contributed by atoms with Crippen LogP contribution >= 0.6 is 0 Å². The van der Waals surface area contributed by atoms with Crippen molar-refractivity contribution in [3.8, 4) is 44.5 Å². The maximum Gasteiger partial charge on any atom is 0.0731 e. The molecule has 0 amide bonds. The Labute approximate surface area is 344 Å². The summed E-state index contributed by atoms with van der Waals surface area (Å²) in [5.74, 6) is 0. The third-order valence-electron chi connectivity index (χ3n) is 12.6. The van der Waals surface area contributed by atoms with Crippen molar-refractivity contribution in [2.24, 2.45) is 0 Å². The molecule has 0 heterocycles. The second-order valence-corrected chi connectivity index (χ2v) is 18.1. The van der Waals surface area contributed by atoms with E-state index < -0.39 is 5.41 Å². The summed E-state index contributed by atoms with van der Waals surface area (Å²) in [6.45, 7) is 14.1. The first-order valence-electron chi connectivity index (χ1n) is 20.7. The molecule has 0 saturated heterocycles. The second-order valence-electron chi connectivity index (χ2n) is 18.1. The van der Waals surface area contributed by atoms with E-state index in [0.29, 0.717) is 0 Å². The van der Waals surface area contributed by atoms with Gasteiger partial charge in [0, 0.05) is 17.1 Å². The molecule has 10 rings (SSSR count). The molecular formula is C57H49N. The Hall–Kier alpha value is -6.44. The minimum atomic E-state index is -0.467. The van der Waals surface area contributed by atoms with E-state index in [0.717, 1.165) is 17.1 Å². The Morgan fingerprint density at radius 2 is 0.828 bits per heavy atom. The standard InChI is InChI=1S/C57H49N/c1-55(2,3)41-29-34-47-48-35-36-51(56(4,5)6)53(54(48)57(52(47)37-41)49-23-15-13-21-45(49)46-22-14-16-24-50(46)57)40-27-32-44(33-28-40)58(42-19-11-8-12-20-42)43-30-25-39(26-31-43)38-17-9-7-10-18-38/h7-37H,1-6H3. The molecule has 1 heteroatoms. The van der Waals surface area contributed by atoms with Gasteiger partial charge in [-0.15, -0.1) is 0 Å². The van der Waals surface area contributed by atoms with Crippen molar-refractivity contribution in [1.29, 1.82) is 0 Å². The van der Waals surface area contributed by atoms with Crippen molar-refractivity contribution in [2.45, 2.75) is 57.8 Å². The van der Waals surface area contributed by atoms with Gasteiger partial charge in [-0.25, -0.2) is 0 Å². The topological polar surface area (TPSA) is 3.24 Å². The lowest BCUT2D eigenvalue weighted by molar-refractivity contribution is 0.587. The number of benzene rings is 8. The molecule has 0 unspecified atom stereocenters. The number of rotatable bonds is 5. The van der Waals surface area contributed by atoms with Gasteiger partial charge in [0.25, 0.3) is 0 Å². The Bertz CT molecular complexity index is 2770. The molecule has 0 N–H and O–H groups in total. The SMILES string of the molecule is CC(C)(C)c1ccc2c(c1)C1(c3ccccc3-c3ccccc31)c1c-2ccc(C(C)(C)C)c1-c1ccc(N(c2ccccc2)c2ccc(-c3ccccc3)cc2)cc1. The van der Waals surface area contributed by atoms with Crippen molar-refractivity contribution < 1.29 is 0 Å². The van der Waals surface area contributed by atoms with E-state index in [-0.39, 0.29) is 10.8 Å². The van der Waals surface area contributed by atoms with Gasteiger partial charge in [0.15, 0.2) is 0 Å². The van der Waals surface area contributed by atoms with Gasteiger partial charge in [-0.3, -0.25) is 0 Å². The van der Waals surface area contributed by atoms with Crippen LogP contribution in [-0.2, 0) is 16.2 Å². The second kappa shape index (κ2) is 13.3. The van der Waals surface area contributed by atoms with Crippen molar-refractivity contribution in [3.63, 3.8) is 0 Å². The molecule has 0 saturated carbocycles. The summed E-state index contributed by atoms with van der Waals surface area (Å²) in [7, 11) is 0. The van der Waals surface area contributed by atoms with Gasteiger partial charge >= 0.3 is 0 Å². The summed E-state index contributed by atoms with van der Waals surface area (Å²) in [5, 5.41) is 0. The van der Waals surface area contributed by atoms with Crippen LogP contribution in [0.2, 0.25) is 0 Å². The summed E-state index contributed by atoms with van der Waals surface area (Å²) in [5.41, 5.74) is 21.4. The highest BCUT2D eigenvalue weighted by Crippen LogP contribution is 2.65. The molecule has 1 nitrogen and oxygen atoms in total. The molecule has 2 aliphatic rings. The highest BCUT2D eigenvalue weighted by Gasteiger charge is 2.53. The van der Waals surface area contributed by atoms with Crippen molar-refractivity contribution >= 4 is 17.1 Å². The van der Waals surface area contributed by atoms with Crippen LogP contribution in [0.4, 0.5) is 17.1 Å². The Balaban J connectivity index is 1.21. The summed E-state index contributed by atoms with van der Waals surface area (Å²) >= 11 is 0. The van der Waals surface area contributed by atoms with Crippen LogP contribution in [0.3, 0.4) is 0 Å². The van der Waals surface area contributed by atoms with Crippen LogP contribution in [0.25, 0.3) is 44.5 Å². The summed E-state index contributed by atoms with van der Waals surface area (Å²) < 4.78 is 0. The average Bonchev–Trinajstić information content (AvgIpc) is 3.71. The fourth-order valence-electron chi connectivity index (χ4n) is 9.86. The number of nitrogens with zero attached hydrogens (tertiary/aromatic N) is 1. The Kier molecular flexibility index (Phi) is 8.25. The third-order valence-corrected chi connectivity index (χ3v) is 12.6. The summed E-state index contributed by atoms with van der Waals surface area (Å²) in [6.07, 6.45) is 0. The number of para-hydroxylation sites is 1. The minimum absolute atomic E-state index is 0.00433. The van der Waals surface area contributed by atoms with Gasteiger partial charge < -0.3 is 4.90 Å². The van der Waals surface area contributed by atoms with Gasteiger partial charge in [-0.2, -0.15) is 0 Å². The molecule has 0 aromatic heterocycles. The highest BCUT2D eigenvalue weighted by atomic mass is 15.1. The van der Waals surface area contributed by atoms with Gasteiger partial charge in [-0.1, -0.05) is 193 Å². The third kappa shape index (κ3) is 5.52. The molecule has 0 bridgehead atoms. The van der Waals surface area contributed by atoms with E-state index in [9.17, 15) is 0 Å². The average molecular weight is 748 g/mol. The molecule has 282 valence electrons. The maximum atomic E-state index is 2.54. The first-order chi connectivity index (χ1) is 28.0. The molecule has 0 fully saturated rings. The number of fused-ring (bicyclic) bond motifs is 10. The molecule has 0 radical (unpaired) electrons. The van der Waals surface area contributed by atoms with Crippen LogP contribution < -0.4 is 4.90 Å². The molecule has 0 aliphatic heterocycles. The Morgan fingerprint density at radius 3 is 1.40 bits per heavy atom. The predicted molar refractivity (Wildman–Crippen MR) is 246 cm³/mol. The molecule has 1 spiro atoms. The van der Waals surface area contributed by atoms with Gasteiger partial charge in [0.05, 0.1) is 5.41 Å². The quantitative estimate of drug-likeness (QED) is 0.169. The molecule has 0 atom stereocenters. The van der Waals surface area contributed by atoms with E-state index in [1.807, 2.05) is 0 Å². The summed E-state index contributed by atoms with van der Waals surface area (Å²) in [4.78, 5) is 2.37. The van der Waals surface area contributed by atoms with E-state index in [2.05, 4.69) is 234 Å². The molecule has 8 aromatic carbocycles. The summed E-state index contributed by atoms with van der Waals surface area (Å²) in [6, 6.07) is 70.2. The number of hydrogen-bond donors (Lipinski definition) is 0. The lowest BCUT2D eigenvalue weighted by atomic mass is 9.66. The predicted octanol–water partition coefficient (Wildman–Crippen LogP) is 15.4. The van der Waals surface area contributed by atoms with E-state index in [1.165, 1.54) is 77.9 Å². The number of anilines is 3. The van der Waals surface area contributed by atoms with Gasteiger partial charge in [0.2, 0.25) is 0 Å². The first kappa shape index (κ1) is 35.9. The van der Waals surface area contributed by atoms with E-state index in [1.54, 1.807) is 0 Å². The van der Waals surface area contributed by atoms with Gasteiger partial charge in [-0.05, 0) is 125 Å². The lowest BCUT2D eigenvalue weighted by Gasteiger charge is -2.35. The Morgan fingerprint density at radius 1 is 0.362 bits per heavy atom. The zero-order valence-electron chi connectivity index (χ0n) is 34.3. The molecular weight excluding hydrogens is 699 g/mol. The van der Waals surface area contributed by atoms with Gasteiger partial charge in [0.1, 0.15) is 0 Å². The van der Waals surface area contributed by atoms with Crippen LogP contribution in [0.5, 0.6) is 0 Å². The molecule has 8 aromatic rings. The van der Waals surface area contributed by atoms with Crippen LogP contribution in [-0.4, -0.2) is 0 Å². The van der Waals surface area contributed by atoms with Crippen molar-refractivity contribution in [1.82, 2.24) is 0 Å². The van der Waals surface area contributed by atoms with Crippen LogP contribution in [0.15, 0.2) is 188 Å². The monoisotopic (exact) mass is 747 g/mol. The first-order valence-corrected chi connectivity index (χ1v) is 20.7. The fourth-order valence-corrected chi connectivity index (χ4v) is 9.86. The molecule has 2 aliphatic carbocycles. The molecule has 58 heavy (non-hydrogen) atoms. The maximum absolute atomic E-state index is 2.54.